The van der Waals surface area contributed by atoms with Gasteiger partial charge in [0.1, 0.15) is 0 Å². The Morgan fingerprint density at radius 1 is 0.667 bits per heavy atom. The van der Waals surface area contributed by atoms with E-state index in [2.05, 4.69) is 83.9 Å². The first kappa shape index (κ1) is 22.7. The van der Waals surface area contributed by atoms with Crippen molar-refractivity contribution in [3.63, 3.8) is 0 Å². The number of rotatable bonds is 6. The molecule has 3 rings (SSSR count). The summed E-state index contributed by atoms with van der Waals surface area (Å²) in [7, 11) is 0. The van der Waals surface area contributed by atoms with E-state index in [1.54, 1.807) is 0 Å². The lowest BCUT2D eigenvalue weighted by molar-refractivity contribution is 0.443. The molecule has 2 aliphatic rings. The Bertz CT molecular complexity index is 746. The summed E-state index contributed by atoms with van der Waals surface area (Å²) < 4.78 is 0. The van der Waals surface area contributed by atoms with Gasteiger partial charge in [-0.05, 0) is 64.5 Å². The third kappa shape index (κ3) is 6.49. The van der Waals surface area contributed by atoms with Crippen molar-refractivity contribution in [1.29, 1.82) is 0 Å². The summed E-state index contributed by atoms with van der Waals surface area (Å²) >= 11 is 0. The molecular formula is C26H38N4. The summed E-state index contributed by atoms with van der Waals surface area (Å²) in [4.78, 5) is 18.6. The van der Waals surface area contributed by atoms with Crippen LogP contribution in [0.4, 0.5) is 0 Å². The number of hydrogen-bond acceptors (Lipinski definition) is 4. The zero-order chi connectivity index (χ0) is 21.5. The van der Waals surface area contributed by atoms with E-state index < -0.39 is 0 Å². The van der Waals surface area contributed by atoms with Crippen molar-refractivity contribution in [1.82, 2.24) is 0 Å². The van der Waals surface area contributed by atoms with E-state index in [0.717, 1.165) is 11.1 Å². The van der Waals surface area contributed by atoms with Crippen molar-refractivity contribution in [2.75, 3.05) is 0 Å². The van der Waals surface area contributed by atoms with Crippen molar-refractivity contribution in [3.8, 4) is 0 Å². The van der Waals surface area contributed by atoms with E-state index in [9.17, 15) is 0 Å². The lowest BCUT2D eigenvalue weighted by Crippen LogP contribution is -2.18. The third-order valence-electron chi connectivity index (χ3n) is 6.56. The topological polar surface area (TPSA) is 49.4 Å². The maximum absolute atomic E-state index is 4.69. The second-order valence-corrected chi connectivity index (χ2v) is 9.96. The average Bonchev–Trinajstić information content (AvgIpc) is 2.75. The summed E-state index contributed by atoms with van der Waals surface area (Å²) in [6, 6.07) is 15.4. The smallest absolute Gasteiger partial charge is 0.0910 e. The van der Waals surface area contributed by atoms with Gasteiger partial charge in [0.2, 0.25) is 0 Å². The highest BCUT2D eigenvalue weighted by molar-refractivity contribution is 5.46. The molecule has 0 radical (unpaired) electrons. The van der Waals surface area contributed by atoms with Crippen LogP contribution in [0.15, 0.2) is 44.2 Å². The lowest BCUT2D eigenvalue weighted by atomic mass is 9.88. The van der Waals surface area contributed by atoms with Gasteiger partial charge in [-0.25, -0.2) is 20.0 Å². The molecule has 162 valence electrons. The van der Waals surface area contributed by atoms with Crippen LogP contribution in [0.25, 0.3) is 0 Å². The van der Waals surface area contributed by atoms with Crippen LogP contribution in [-0.4, -0.2) is 24.1 Å². The van der Waals surface area contributed by atoms with Gasteiger partial charge >= 0.3 is 0 Å². The van der Waals surface area contributed by atoms with Crippen LogP contribution in [0.5, 0.6) is 0 Å². The molecular weight excluding hydrogens is 368 g/mol. The van der Waals surface area contributed by atoms with Crippen LogP contribution in [0.2, 0.25) is 0 Å². The maximum atomic E-state index is 4.69. The molecule has 2 aliphatic carbocycles. The Hall–Kier alpha value is -2.02. The van der Waals surface area contributed by atoms with E-state index in [0.29, 0.717) is 12.1 Å². The number of nitrogens with zero attached hydrogens (tertiary/aromatic N) is 4. The lowest BCUT2D eigenvalue weighted by Gasteiger charge is -2.24. The molecule has 4 nitrogen and oxygen atoms in total. The van der Waals surface area contributed by atoms with E-state index in [4.69, 9.17) is 0 Å². The molecule has 0 unspecified atom stereocenters. The van der Waals surface area contributed by atoms with E-state index >= 15 is 0 Å². The van der Waals surface area contributed by atoms with Gasteiger partial charge in [-0.1, -0.05) is 62.8 Å². The highest BCUT2D eigenvalue weighted by Crippen LogP contribution is 2.31. The molecule has 0 saturated heterocycles. The van der Waals surface area contributed by atoms with Crippen molar-refractivity contribution in [2.24, 2.45) is 20.0 Å². The Morgan fingerprint density at radius 3 is 1.47 bits per heavy atom. The first-order valence-corrected chi connectivity index (χ1v) is 11.8. The van der Waals surface area contributed by atoms with Gasteiger partial charge in [0.15, 0.2) is 0 Å². The van der Waals surface area contributed by atoms with Gasteiger partial charge in [-0.2, -0.15) is 0 Å². The van der Waals surface area contributed by atoms with Crippen molar-refractivity contribution >= 4 is 12.0 Å². The van der Waals surface area contributed by atoms with Gasteiger partial charge in [-0.15, -0.1) is 0 Å². The average molecular weight is 407 g/mol. The molecule has 4 heteroatoms. The summed E-state index contributed by atoms with van der Waals surface area (Å²) in [6.45, 7) is 8.49. The Balaban J connectivity index is 1.73. The highest BCUT2D eigenvalue weighted by Gasteiger charge is 2.24. The second-order valence-electron chi connectivity index (χ2n) is 9.96. The minimum atomic E-state index is -0.371. The predicted octanol–water partition coefficient (Wildman–Crippen LogP) is 7.17. The fraction of sp³-hybridized carbons (Fsp3) is 0.692. The van der Waals surface area contributed by atoms with Crippen LogP contribution in [0, 0.1) is 0 Å². The molecule has 1 aromatic rings. The van der Waals surface area contributed by atoms with Crippen LogP contribution in [0.1, 0.15) is 103 Å². The molecule has 0 bridgehead atoms. The Labute approximate surface area is 182 Å². The molecule has 1 aromatic carbocycles. The highest BCUT2D eigenvalue weighted by atomic mass is 14.9. The van der Waals surface area contributed by atoms with E-state index in [-0.39, 0.29) is 11.1 Å². The first-order valence-electron chi connectivity index (χ1n) is 11.8. The van der Waals surface area contributed by atoms with Gasteiger partial charge < -0.3 is 0 Å². The summed E-state index contributed by atoms with van der Waals surface area (Å²) in [5.74, 6) is 0. The maximum Gasteiger partial charge on any atom is 0.0910 e. The van der Waals surface area contributed by atoms with Gasteiger partial charge in [0, 0.05) is 0 Å². The van der Waals surface area contributed by atoms with Gasteiger partial charge in [0.05, 0.1) is 35.2 Å². The van der Waals surface area contributed by atoms with Gasteiger partial charge in [0.25, 0.3) is 0 Å². The standard InChI is InChI=1S/C26H38N4/c1-25(2,29-19-27-23-14-7-5-8-15-23)21-12-11-13-22(18-21)26(3,4)30-20-28-24-16-9-6-10-17-24/h11-13,18,23-24H,5-10,14-17H2,1-4H3. The molecule has 0 spiro atoms. The Kier molecular flexibility index (Phi) is 7.81. The molecule has 0 aromatic heterocycles. The molecule has 30 heavy (non-hydrogen) atoms. The van der Waals surface area contributed by atoms with Crippen molar-refractivity contribution < 1.29 is 0 Å². The van der Waals surface area contributed by atoms with E-state index in [1.165, 1.54) is 64.2 Å². The largest absolute Gasteiger partial charge is 0.222 e. The van der Waals surface area contributed by atoms with Crippen molar-refractivity contribution in [2.45, 2.75) is 115 Å². The number of hydrogen-bond donors (Lipinski definition) is 0. The molecule has 0 atom stereocenters. The Morgan fingerprint density at radius 2 is 1.07 bits per heavy atom. The minimum absolute atomic E-state index is 0.371. The van der Waals surface area contributed by atoms with Crippen LogP contribution < -0.4 is 0 Å². The molecule has 0 amide bonds. The monoisotopic (exact) mass is 406 g/mol. The van der Waals surface area contributed by atoms with Crippen LogP contribution in [-0.2, 0) is 11.1 Å². The second kappa shape index (κ2) is 10.3. The number of aliphatic imine (C=N–C) groups is 4. The summed E-state index contributed by atoms with van der Waals surface area (Å²) in [5.41, 5.74) is 1.56. The zero-order valence-electron chi connectivity index (χ0n) is 19.3. The fourth-order valence-corrected chi connectivity index (χ4v) is 4.30. The normalized spacial score (nSPS) is 18.8. The minimum Gasteiger partial charge on any atom is -0.222 e. The SMILES string of the molecule is CC(C)(N=C=NC1CCCCC1)c1cccc(C(C)(C)N=C=NC2CCCCC2)c1. The van der Waals surface area contributed by atoms with Crippen LogP contribution in [0.3, 0.4) is 0 Å². The third-order valence-corrected chi connectivity index (χ3v) is 6.56. The molecule has 0 N–H and O–H groups in total. The summed E-state index contributed by atoms with van der Waals surface area (Å²) in [6.07, 6.45) is 12.5. The van der Waals surface area contributed by atoms with Gasteiger partial charge in [-0.3, -0.25) is 0 Å². The van der Waals surface area contributed by atoms with Crippen LogP contribution >= 0.6 is 0 Å². The molecule has 0 aliphatic heterocycles. The quantitative estimate of drug-likeness (QED) is 0.450. The molecule has 2 saturated carbocycles. The summed E-state index contributed by atoms with van der Waals surface area (Å²) in [5, 5.41) is 0. The fourth-order valence-electron chi connectivity index (χ4n) is 4.30. The molecule has 0 heterocycles. The zero-order valence-corrected chi connectivity index (χ0v) is 19.3. The number of benzene rings is 1. The van der Waals surface area contributed by atoms with Crippen molar-refractivity contribution in [3.05, 3.63) is 35.4 Å². The van der Waals surface area contributed by atoms with E-state index in [1.807, 2.05) is 0 Å². The first-order chi connectivity index (χ1) is 14.4. The molecule has 2 fully saturated rings. The predicted molar refractivity (Wildman–Crippen MR) is 126 cm³/mol.